The van der Waals surface area contributed by atoms with E-state index in [4.69, 9.17) is 4.74 Å². The number of nitro groups is 1. The minimum Gasteiger partial charge on any atom is -0.452 e. The van der Waals surface area contributed by atoms with Gasteiger partial charge < -0.3 is 19.7 Å². The molecule has 0 aromatic heterocycles. The maximum Gasteiger partial charge on any atom is 0.387 e. The molecular formula is C21H21F2N3O6. The van der Waals surface area contributed by atoms with Crippen molar-refractivity contribution >= 4 is 28.9 Å². The van der Waals surface area contributed by atoms with Crippen LogP contribution in [0.1, 0.15) is 29.6 Å². The lowest BCUT2D eigenvalue weighted by atomic mass is 10.1. The Bertz CT molecular complexity index is 978. The Balaban J connectivity index is 1.64. The highest BCUT2D eigenvalue weighted by Gasteiger charge is 2.23. The van der Waals surface area contributed by atoms with Gasteiger partial charge in [-0.25, -0.2) is 4.79 Å². The lowest BCUT2D eigenvalue weighted by Crippen LogP contribution is -2.31. The number of piperidine rings is 1. The van der Waals surface area contributed by atoms with Gasteiger partial charge in [-0.1, -0.05) is 0 Å². The average molecular weight is 449 g/mol. The summed E-state index contributed by atoms with van der Waals surface area (Å²) in [5, 5.41) is 13.6. The van der Waals surface area contributed by atoms with Crippen molar-refractivity contribution in [2.24, 2.45) is 0 Å². The number of benzene rings is 2. The van der Waals surface area contributed by atoms with Gasteiger partial charge in [-0.15, -0.1) is 0 Å². The van der Waals surface area contributed by atoms with Crippen LogP contribution in [0.2, 0.25) is 0 Å². The van der Waals surface area contributed by atoms with Crippen LogP contribution in [0, 0.1) is 10.1 Å². The molecule has 11 heteroatoms. The molecule has 0 saturated carbocycles. The second kappa shape index (κ2) is 10.5. The number of carbonyl (C=O) groups excluding carboxylic acids is 2. The molecule has 1 heterocycles. The van der Waals surface area contributed by atoms with Gasteiger partial charge in [-0.05, 0) is 49.6 Å². The maximum absolute atomic E-state index is 12.6. The fraction of sp³-hybridized carbons (Fsp3) is 0.333. The SMILES string of the molecule is O=C(COC(=O)c1cc([N+](=O)[O-])ccc1N1CCCCC1)Nc1ccc(OC(F)F)cc1. The zero-order valence-electron chi connectivity index (χ0n) is 17.0. The van der Waals surface area contributed by atoms with Crippen LogP contribution in [0.3, 0.4) is 0 Å². The van der Waals surface area contributed by atoms with Crippen molar-refractivity contribution in [1.29, 1.82) is 0 Å². The van der Waals surface area contributed by atoms with E-state index in [9.17, 15) is 28.5 Å². The first kappa shape index (κ1) is 22.9. The summed E-state index contributed by atoms with van der Waals surface area (Å²) in [5.41, 5.74) is 0.572. The van der Waals surface area contributed by atoms with E-state index in [0.29, 0.717) is 18.8 Å². The van der Waals surface area contributed by atoms with Gasteiger partial charge in [0.15, 0.2) is 6.61 Å². The van der Waals surface area contributed by atoms with E-state index in [-0.39, 0.29) is 22.7 Å². The zero-order chi connectivity index (χ0) is 23.1. The van der Waals surface area contributed by atoms with Crippen LogP contribution in [0.15, 0.2) is 42.5 Å². The Kier molecular flexibility index (Phi) is 7.53. The van der Waals surface area contributed by atoms with Crippen LogP contribution in [-0.4, -0.2) is 43.1 Å². The minimum atomic E-state index is -2.96. The summed E-state index contributed by atoms with van der Waals surface area (Å²) in [6, 6.07) is 9.20. The minimum absolute atomic E-state index is 0.0161. The fourth-order valence-corrected chi connectivity index (χ4v) is 3.34. The highest BCUT2D eigenvalue weighted by atomic mass is 19.3. The van der Waals surface area contributed by atoms with Crippen molar-refractivity contribution in [2.45, 2.75) is 25.9 Å². The topological polar surface area (TPSA) is 111 Å². The van der Waals surface area contributed by atoms with E-state index in [1.54, 1.807) is 0 Å². The number of carbonyl (C=O) groups is 2. The second-order valence-electron chi connectivity index (χ2n) is 7.03. The fourth-order valence-electron chi connectivity index (χ4n) is 3.34. The molecule has 3 rings (SSSR count). The van der Waals surface area contributed by atoms with Crippen LogP contribution >= 0.6 is 0 Å². The third kappa shape index (κ3) is 6.13. The molecule has 32 heavy (non-hydrogen) atoms. The first-order chi connectivity index (χ1) is 15.3. The summed E-state index contributed by atoms with van der Waals surface area (Å²) in [7, 11) is 0. The van der Waals surface area contributed by atoms with Crippen molar-refractivity contribution < 1.29 is 32.8 Å². The van der Waals surface area contributed by atoms with Crippen LogP contribution < -0.4 is 15.0 Å². The van der Waals surface area contributed by atoms with Crippen molar-refractivity contribution in [3.63, 3.8) is 0 Å². The largest absolute Gasteiger partial charge is 0.452 e. The first-order valence-electron chi connectivity index (χ1n) is 9.89. The second-order valence-corrected chi connectivity index (χ2v) is 7.03. The zero-order valence-corrected chi connectivity index (χ0v) is 17.0. The molecule has 0 radical (unpaired) electrons. The molecule has 1 amide bonds. The third-order valence-corrected chi connectivity index (χ3v) is 4.81. The van der Waals surface area contributed by atoms with Gasteiger partial charge in [0.05, 0.1) is 16.2 Å². The standard InChI is InChI=1S/C21H21F2N3O6/c22-21(23)32-16-7-4-14(5-8-16)24-19(27)13-31-20(28)17-12-15(26(29)30)6-9-18(17)25-10-2-1-3-11-25/h4-9,12,21H,1-3,10-11,13H2,(H,24,27). The number of esters is 1. The van der Waals surface area contributed by atoms with Crippen LogP contribution in [0.25, 0.3) is 0 Å². The first-order valence-corrected chi connectivity index (χ1v) is 9.89. The predicted molar refractivity (Wildman–Crippen MR) is 111 cm³/mol. The number of ether oxygens (including phenoxy) is 2. The molecule has 1 aliphatic rings. The monoisotopic (exact) mass is 449 g/mol. The van der Waals surface area contributed by atoms with Gasteiger partial charge in [-0.3, -0.25) is 14.9 Å². The van der Waals surface area contributed by atoms with E-state index < -0.39 is 30.0 Å². The van der Waals surface area contributed by atoms with Crippen molar-refractivity contribution in [3.8, 4) is 5.75 Å². The molecular weight excluding hydrogens is 428 g/mol. The number of rotatable bonds is 8. The van der Waals surface area contributed by atoms with Crippen molar-refractivity contribution in [1.82, 2.24) is 0 Å². The van der Waals surface area contributed by atoms with Crippen molar-refractivity contribution in [2.75, 3.05) is 29.9 Å². The molecule has 9 nitrogen and oxygen atoms in total. The molecule has 1 fully saturated rings. The van der Waals surface area contributed by atoms with E-state index in [1.165, 1.54) is 36.4 Å². The predicted octanol–water partition coefficient (Wildman–Crippen LogP) is 3.98. The van der Waals surface area contributed by atoms with Gasteiger partial charge in [0, 0.05) is 30.9 Å². The highest BCUT2D eigenvalue weighted by Crippen LogP contribution is 2.28. The lowest BCUT2D eigenvalue weighted by molar-refractivity contribution is -0.384. The summed E-state index contributed by atoms with van der Waals surface area (Å²) < 4.78 is 33.7. The van der Waals surface area contributed by atoms with Gasteiger partial charge >= 0.3 is 12.6 Å². The molecule has 0 atom stereocenters. The lowest BCUT2D eigenvalue weighted by Gasteiger charge is -2.30. The van der Waals surface area contributed by atoms with E-state index in [1.807, 2.05) is 4.90 Å². The normalized spacial score (nSPS) is 13.5. The van der Waals surface area contributed by atoms with Gasteiger partial charge in [0.2, 0.25) is 0 Å². The third-order valence-electron chi connectivity index (χ3n) is 4.81. The van der Waals surface area contributed by atoms with Gasteiger partial charge in [0.25, 0.3) is 11.6 Å². The molecule has 170 valence electrons. The number of hydrogen-bond acceptors (Lipinski definition) is 7. The van der Waals surface area contributed by atoms with E-state index in [2.05, 4.69) is 10.1 Å². The molecule has 0 bridgehead atoms. The molecule has 0 spiro atoms. The summed E-state index contributed by atoms with van der Waals surface area (Å²) in [4.78, 5) is 37.3. The van der Waals surface area contributed by atoms with Crippen LogP contribution in [-0.2, 0) is 9.53 Å². The van der Waals surface area contributed by atoms with E-state index in [0.717, 1.165) is 25.3 Å². The number of hydrogen-bond donors (Lipinski definition) is 1. The summed E-state index contributed by atoms with van der Waals surface area (Å²) in [6.45, 7) is -2.16. The van der Waals surface area contributed by atoms with Gasteiger partial charge in [0.1, 0.15) is 5.75 Å². The average Bonchev–Trinajstić information content (AvgIpc) is 2.78. The molecule has 1 N–H and O–H groups in total. The smallest absolute Gasteiger partial charge is 0.387 e. The Morgan fingerprint density at radius 1 is 1.09 bits per heavy atom. The number of amides is 1. The maximum atomic E-state index is 12.6. The molecule has 2 aromatic carbocycles. The number of halogens is 2. The molecule has 1 saturated heterocycles. The Labute approximate surface area is 182 Å². The number of non-ortho nitro benzene ring substituents is 1. The highest BCUT2D eigenvalue weighted by molar-refractivity contribution is 5.99. The number of nitrogens with one attached hydrogen (secondary N) is 1. The number of nitro benzene ring substituents is 1. The quantitative estimate of drug-likeness (QED) is 0.369. The van der Waals surface area contributed by atoms with Crippen LogP contribution in [0.5, 0.6) is 5.75 Å². The summed E-state index contributed by atoms with van der Waals surface area (Å²) in [6.07, 6.45) is 2.95. The molecule has 0 unspecified atom stereocenters. The Hall–Kier alpha value is -3.76. The number of anilines is 2. The number of alkyl halides is 2. The molecule has 2 aromatic rings. The summed E-state index contributed by atoms with van der Waals surface area (Å²) in [5.74, 6) is -1.59. The number of nitrogens with zero attached hydrogens (tertiary/aromatic N) is 2. The Morgan fingerprint density at radius 2 is 1.78 bits per heavy atom. The molecule has 1 aliphatic heterocycles. The van der Waals surface area contributed by atoms with E-state index >= 15 is 0 Å². The van der Waals surface area contributed by atoms with Crippen LogP contribution in [0.4, 0.5) is 25.8 Å². The Morgan fingerprint density at radius 3 is 2.41 bits per heavy atom. The van der Waals surface area contributed by atoms with Crippen molar-refractivity contribution in [3.05, 3.63) is 58.1 Å². The summed E-state index contributed by atoms with van der Waals surface area (Å²) >= 11 is 0. The van der Waals surface area contributed by atoms with Gasteiger partial charge in [-0.2, -0.15) is 8.78 Å². The molecule has 0 aliphatic carbocycles.